The number of hydrogen-bond donors (Lipinski definition) is 1. The third-order valence-electron chi connectivity index (χ3n) is 6.51. The number of amides is 2. The Bertz CT molecular complexity index is 1390. The highest BCUT2D eigenvalue weighted by Crippen LogP contribution is 2.33. The Kier molecular flexibility index (Phi) is 7.69. The zero-order valence-corrected chi connectivity index (χ0v) is 21.3. The molecule has 4 aromatic rings. The molecule has 0 saturated heterocycles. The Labute approximate surface area is 222 Å². The number of rotatable bonds is 8. The summed E-state index contributed by atoms with van der Waals surface area (Å²) >= 11 is 0. The molecule has 4 aromatic carbocycles. The van der Waals surface area contributed by atoms with Gasteiger partial charge in [0.2, 0.25) is 5.91 Å². The fourth-order valence-electron chi connectivity index (χ4n) is 4.51. The summed E-state index contributed by atoms with van der Waals surface area (Å²) in [6.45, 7) is 3.50. The second-order valence-electron chi connectivity index (χ2n) is 9.29. The third kappa shape index (κ3) is 5.86. The smallest absolute Gasteiger partial charge is 0.255 e. The lowest BCUT2D eigenvalue weighted by atomic mass is 10.00. The van der Waals surface area contributed by atoms with Crippen molar-refractivity contribution in [3.8, 4) is 11.5 Å². The first kappa shape index (κ1) is 25.1. The summed E-state index contributed by atoms with van der Waals surface area (Å²) in [5.74, 6) is 0.617. The van der Waals surface area contributed by atoms with Gasteiger partial charge in [-0.1, -0.05) is 90.5 Å². The second kappa shape index (κ2) is 11.6. The molecule has 38 heavy (non-hydrogen) atoms. The van der Waals surface area contributed by atoms with Crippen molar-refractivity contribution in [1.82, 2.24) is 10.2 Å². The molecule has 1 aliphatic heterocycles. The van der Waals surface area contributed by atoms with E-state index in [4.69, 9.17) is 9.47 Å². The quantitative estimate of drug-likeness (QED) is 0.344. The zero-order valence-electron chi connectivity index (χ0n) is 21.3. The van der Waals surface area contributed by atoms with Crippen LogP contribution in [0.1, 0.15) is 38.7 Å². The number of hydrogen-bond acceptors (Lipinski definition) is 4. The minimum atomic E-state index is -0.847. The van der Waals surface area contributed by atoms with Crippen molar-refractivity contribution in [2.45, 2.75) is 26.1 Å². The predicted molar refractivity (Wildman–Crippen MR) is 146 cm³/mol. The van der Waals surface area contributed by atoms with Gasteiger partial charge >= 0.3 is 0 Å². The van der Waals surface area contributed by atoms with E-state index in [9.17, 15) is 9.59 Å². The van der Waals surface area contributed by atoms with E-state index in [2.05, 4.69) is 5.32 Å². The maximum Gasteiger partial charge on any atom is 0.255 e. The Morgan fingerprint density at radius 3 is 2.11 bits per heavy atom. The molecule has 1 aliphatic rings. The van der Waals surface area contributed by atoms with Crippen LogP contribution in [0.25, 0.3) is 0 Å². The minimum absolute atomic E-state index is 0.250. The van der Waals surface area contributed by atoms with Gasteiger partial charge in [0.05, 0.1) is 0 Å². The summed E-state index contributed by atoms with van der Waals surface area (Å²) in [6.07, 6.45) is 0. The van der Waals surface area contributed by atoms with E-state index >= 15 is 0 Å². The highest BCUT2D eigenvalue weighted by atomic mass is 16.6. The van der Waals surface area contributed by atoms with Gasteiger partial charge in [-0.3, -0.25) is 9.59 Å². The summed E-state index contributed by atoms with van der Waals surface area (Å²) in [7, 11) is 0. The molecular formula is C32H30N2O4. The largest absolute Gasteiger partial charge is 0.486 e. The van der Waals surface area contributed by atoms with Crippen molar-refractivity contribution < 1.29 is 19.1 Å². The lowest BCUT2D eigenvalue weighted by Crippen LogP contribution is -2.43. The first-order valence-electron chi connectivity index (χ1n) is 12.7. The topological polar surface area (TPSA) is 67.9 Å². The lowest BCUT2D eigenvalue weighted by Gasteiger charge is -2.32. The molecule has 6 heteroatoms. The molecule has 0 saturated carbocycles. The molecular weight excluding hydrogens is 476 g/mol. The van der Waals surface area contributed by atoms with Gasteiger partial charge in [0.15, 0.2) is 11.5 Å². The maximum atomic E-state index is 14.1. The van der Waals surface area contributed by atoms with E-state index in [1.54, 1.807) is 23.1 Å². The second-order valence-corrected chi connectivity index (χ2v) is 9.29. The zero-order chi connectivity index (χ0) is 26.3. The number of nitrogens with one attached hydrogen (secondary N) is 1. The van der Waals surface area contributed by atoms with E-state index < -0.39 is 6.04 Å². The molecule has 0 fully saturated rings. The van der Waals surface area contributed by atoms with Crippen LogP contribution >= 0.6 is 0 Å². The summed E-state index contributed by atoms with van der Waals surface area (Å²) in [6, 6.07) is 31.5. The molecule has 0 unspecified atom stereocenters. The van der Waals surface area contributed by atoms with Crippen LogP contribution in [0, 0.1) is 6.92 Å². The Morgan fingerprint density at radius 1 is 0.789 bits per heavy atom. The molecule has 2 amide bonds. The summed E-state index contributed by atoms with van der Waals surface area (Å²) in [4.78, 5) is 29.6. The SMILES string of the molecule is Cc1ccc([C@@H](C(=O)NCc2ccccc2)N(Cc2ccccc2)C(=O)c2ccc3c(c2)OCCO3)cc1. The lowest BCUT2D eigenvalue weighted by molar-refractivity contribution is -0.126. The van der Waals surface area contributed by atoms with Crippen LogP contribution in [0.15, 0.2) is 103 Å². The monoisotopic (exact) mass is 506 g/mol. The Balaban J connectivity index is 1.53. The molecule has 0 aromatic heterocycles. The fourth-order valence-corrected chi connectivity index (χ4v) is 4.51. The van der Waals surface area contributed by atoms with Crippen LogP contribution < -0.4 is 14.8 Å². The van der Waals surface area contributed by atoms with E-state index in [0.29, 0.717) is 36.8 Å². The van der Waals surface area contributed by atoms with Crippen LogP contribution in [0.4, 0.5) is 0 Å². The Hall–Kier alpha value is -4.58. The summed E-state index contributed by atoms with van der Waals surface area (Å²) in [5, 5.41) is 3.06. The average molecular weight is 507 g/mol. The minimum Gasteiger partial charge on any atom is -0.486 e. The highest BCUT2D eigenvalue weighted by Gasteiger charge is 2.33. The van der Waals surface area contributed by atoms with Crippen LogP contribution in [-0.4, -0.2) is 29.9 Å². The van der Waals surface area contributed by atoms with Gasteiger partial charge < -0.3 is 19.7 Å². The van der Waals surface area contributed by atoms with Crippen LogP contribution in [0.3, 0.4) is 0 Å². The van der Waals surface area contributed by atoms with Crippen molar-refractivity contribution in [2.75, 3.05) is 13.2 Å². The first-order valence-corrected chi connectivity index (χ1v) is 12.7. The fraction of sp³-hybridized carbons (Fsp3) is 0.188. The number of aryl methyl sites for hydroxylation is 1. The molecule has 5 rings (SSSR count). The van der Waals surface area contributed by atoms with Gasteiger partial charge in [0.1, 0.15) is 19.3 Å². The normalized spacial score (nSPS) is 12.9. The first-order chi connectivity index (χ1) is 18.6. The van der Waals surface area contributed by atoms with Gasteiger partial charge in [-0.25, -0.2) is 0 Å². The Morgan fingerprint density at radius 2 is 1.42 bits per heavy atom. The van der Waals surface area contributed by atoms with E-state index in [-0.39, 0.29) is 18.4 Å². The molecule has 6 nitrogen and oxygen atoms in total. The van der Waals surface area contributed by atoms with E-state index in [1.165, 1.54) is 0 Å². The van der Waals surface area contributed by atoms with Crippen molar-refractivity contribution in [3.05, 3.63) is 131 Å². The molecule has 0 spiro atoms. The van der Waals surface area contributed by atoms with E-state index in [0.717, 1.165) is 22.3 Å². The van der Waals surface area contributed by atoms with Crippen molar-refractivity contribution >= 4 is 11.8 Å². The van der Waals surface area contributed by atoms with Crippen molar-refractivity contribution in [1.29, 1.82) is 0 Å². The number of benzene rings is 4. The van der Waals surface area contributed by atoms with Gasteiger partial charge in [-0.2, -0.15) is 0 Å². The van der Waals surface area contributed by atoms with Crippen LogP contribution in [0.2, 0.25) is 0 Å². The number of fused-ring (bicyclic) bond motifs is 1. The predicted octanol–water partition coefficient (Wildman–Crippen LogP) is 5.47. The molecule has 0 aliphatic carbocycles. The molecule has 0 bridgehead atoms. The van der Waals surface area contributed by atoms with Crippen LogP contribution in [0.5, 0.6) is 11.5 Å². The van der Waals surface area contributed by atoms with Gasteiger partial charge in [0, 0.05) is 18.7 Å². The van der Waals surface area contributed by atoms with Gasteiger partial charge in [0.25, 0.3) is 5.91 Å². The molecule has 1 heterocycles. The maximum absolute atomic E-state index is 14.1. The van der Waals surface area contributed by atoms with Gasteiger partial charge in [-0.15, -0.1) is 0 Å². The average Bonchev–Trinajstić information content (AvgIpc) is 2.97. The highest BCUT2D eigenvalue weighted by molar-refractivity contribution is 5.98. The number of carbonyl (C=O) groups is 2. The molecule has 1 N–H and O–H groups in total. The third-order valence-corrected chi connectivity index (χ3v) is 6.51. The number of carbonyl (C=O) groups excluding carboxylic acids is 2. The van der Waals surface area contributed by atoms with Crippen LogP contribution in [-0.2, 0) is 17.9 Å². The van der Waals surface area contributed by atoms with Crippen molar-refractivity contribution in [3.63, 3.8) is 0 Å². The standard InChI is InChI=1S/C32H30N2O4/c1-23-12-14-26(15-13-23)30(31(35)33-21-24-8-4-2-5-9-24)34(22-25-10-6-3-7-11-25)32(36)27-16-17-28-29(20-27)38-19-18-37-28/h2-17,20,30H,18-19,21-22H2,1H3,(H,33,35)/t30-/m0/s1. The van der Waals surface area contributed by atoms with Gasteiger partial charge in [-0.05, 0) is 41.8 Å². The summed E-state index contributed by atoms with van der Waals surface area (Å²) in [5.41, 5.74) is 4.15. The number of ether oxygens (including phenoxy) is 2. The van der Waals surface area contributed by atoms with Crippen molar-refractivity contribution in [2.24, 2.45) is 0 Å². The van der Waals surface area contributed by atoms with E-state index in [1.807, 2.05) is 91.9 Å². The molecule has 1 atom stereocenters. The number of nitrogens with zero attached hydrogens (tertiary/aromatic N) is 1. The summed E-state index contributed by atoms with van der Waals surface area (Å²) < 4.78 is 11.4. The molecule has 192 valence electrons. The molecule has 0 radical (unpaired) electrons.